The van der Waals surface area contributed by atoms with E-state index >= 15 is 0 Å². The van der Waals surface area contributed by atoms with Crippen LogP contribution in [0.25, 0.3) is 0 Å². The lowest BCUT2D eigenvalue weighted by molar-refractivity contribution is -0.534. The van der Waals surface area contributed by atoms with Gasteiger partial charge in [0, 0.05) is 22.7 Å². The van der Waals surface area contributed by atoms with Gasteiger partial charge in [-0.2, -0.15) is 0 Å². The highest BCUT2D eigenvalue weighted by Crippen LogP contribution is 2.52. The molecule has 3 atom stereocenters. The molecule has 140 valence electrons. The van der Waals surface area contributed by atoms with Crippen LogP contribution in [0.2, 0.25) is 0 Å². The third-order valence-electron chi connectivity index (χ3n) is 5.65. The predicted molar refractivity (Wildman–Crippen MR) is 104 cm³/mol. The fourth-order valence-electron chi connectivity index (χ4n) is 4.49. The molecule has 0 saturated carbocycles. The van der Waals surface area contributed by atoms with Crippen molar-refractivity contribution in [3.8, 4) is 5.75 Å². The van der Waals surface area contributed by atoms with Gasteiger partial charge in [-0.05, 0) is 46.7 Å². The zero-order valence-corrected chi connectivity index (χ0v) is 16.4. The van der Waals surface area contributed by atoms with E-state index in [2.05, 4.69) is 21.2 Å². The highest BCUT2D eigenvalue weighted by molar-refractivity contribution is 9.10. The van der Waals surface area contributed by atoms with Crippen LogP contribution >= 0.6 is 15.9 Å². The average Bonchev–Trinajstić information content (AvgIpc) is 3.11. The Morgan fingerprint density at radius 3 is 2.74 bits per heavy atom. The molecule has 8 heteroatoms. The molecule has 1 amide bonds. The van der Waals surface area contributed by atoms with E-state index in [0.717, 1.165) is 10.0 Å². The van der Waals surface area contributed by atoms with Crippen molar-refractivity contribution in [2.45, 2.75) is 17.5 Å². The number of methoxy groups -OCH3 is 1. The summed E-state index contributed by atoms with van der Waals surface area (Å²) < 4.78 is 5.99. The number of carbonyl (C=O) groups is 1. The smallest absolute Gasteiger partial charge is 0.256 e. The molecule has 1 fully saturated rings. The molecule has 0 aromatic heterocycles. The van der Waals surface area contributed by atoms with Crippen LogP contribution in [-0.4, -0.2) is 42.5 Å². The minimum Gasteiger partial charge on any atom is -0.496 e. The molecule has 0 unspecified atom stereocenters. The van der Waals surface area contributed by atoms with Crippen molar-refractivity contribution in [1.29, 1.82) is 0 Å². The molecule has 2 heterocycles. The van der Waals surface area contributed by atoms with Gasteiger partial charge in [0.2, 0.25) is 0 Å². The van der Waals surface area contributed by atoms with E-state index in [-0.39, 0.29) is 10.8 Å². The Balaban J connectivity index is 1.87. The van der Waals surface area contributed by atoms with Crippen molar-refractivity contribution in [2.75, 3.05) is 26.0 Å². The van der Waals surface area contributed by atoms with Gasteiger partial charge >= 0.3 is 0 Å². The quantitative estimate of drug-likeness (QED) is 0.596. The second kappa shape index (κ2) is 6.31. The Morgan fingerprint density at radius 2 is 2.07 bits per heavy atom. The summed E-state index contributed by atoms with van der Waals surface area (Å²) in [5.74, 6) is -0.131. The number of para-hydroxylation sites is 1. The summed E-state index contributed by atoms with van der Waals surface area (Å²) in [6.07, 6.45) is 0. The molecule has 0 radical (unpaired) electrons. The van der Waals surface area contributed by atoms with E-state index < -0.39 is 17.5 Å². The molecule has 4 rings (SSSR count). The maximum absolute atomic E-state index is 13.0. The first-order valence-corrected chi connectivity index (χ1v) is 9.29. The lowest BCUT2D eigenvalue weighted by Gasteiger charge is -2.30. The van der Waals surface area contributed by atoms with Crippen LogP contribution in [0.5, 0.6) is 5.75 Å². The Labute approximate surface area is 164 Å². The molecule has 2 aromatic carbocycles. The highest BCUT2D eigenvalue weighted by atomic mass is 79.9. The number of likely N-dealkylation sites (N-methyl/N-ethyl adjacent to an activating group) is 1. The molecular weight excluding hydrogens is 414 g/mol. The number of amides is 1. The monoisotopic (exact) mass is 431 g/mol. The van der Waals surface area contributed by atoms with Gasteiger partial charge in [-0.15, -0.1) is 0 Å². The van der Waals surface area contributed by atoms with Crippen molar-refractivity contribution in [3.05, 3.63) is 68.2 Å². The van der Waals surface area contributed by atoms with E-state index in [1.807, 2.05) is 29.2 Å². The number of carbonyl (C=O) groups excluding carboxylic acids is 1. The number of ether oxygens (including phenoxy) is 1. The van der Waals surface area contributed by atoms with E-state index in [9.17, 15) is 14.9 Å². The van der Waals surface area contributed by atoms with Crippen LogP contribution in [0, 0.1) is 10.1 Å². The molecule has 27 heavy (non-hydrogen) atoms. The summed E-state index contributed by atoms with van der Waals surface area (Å²) in [6, 6.07) is 11.5. The van der Waals surface area contributed by atoms with E-state index in [1.54, 1.807) is 32.4 Å². The Kier molecular flexibility index (Phi) is 4.20. The molecule has 2 aliphatic rings. The Bertz CT molecular complexity index is 950. The van der Waals surface area contributed by atoms with Gasteiger partial charge in [0.15, 0.2) is 5.54 Å². The fraction of sp³-hybridized carbons (Fsp3) is 0.316. The van der Waals surface area contributed by atoms with E-state index in [0.29, 0.717) is 23.5 Å². The largest absolute Gasteiger partial charge is 0.496 e. The maximum atomic E-state index is 13.0. The van der Waals surface area contributed by atoms with Crippen molar-refractivity contribution < 1.29 is 14.5 Å². The molecule has 0 aliphatic carbocycles. The molecule has 1 N–H and O–H groups in total. The van der Waals surface area contributed by atoms with Crippen LogP contribution in [0.1, 0.15) is 17.0 Å². The van der Waals surface area contributed by atoms with E-state index in [1.165, 1.54) is 0 Å². The van der Waals surface area contributed by atoms with Crippen LogP contribution in [-0.2, 0) is 10.3 Å². The van der Waals surface area contributed by atoms with Gasteiger partial charge in [-0.3, -0.25) is 19.8 Å². The third-order valence-corrected chi connectivity index (χ3v) is 6.26. The van der Waals surface area contributed by atoms with Crippen molar-refractivity contribution in [1.82, 2.24) is 4.90 Å². The lowest BCUT2D eigenvalue weighted by atomic mass is 9.79. The van der Waals surface area contributed by atoms with Crippen molar-refractivity contribution in [3.63, 3.8) is 0 Å². The number of halogens is 1. The molecule has 2 aliphatic heterocycles. The first-order chi connectivity index (χ1) is 12.9. The SMILES string of the molecule is COc1ccc([C@@H]2CN(C)[C@@]3(C(=O)Nc4ccccc43)[C@H]2[N+](=O)[O-])cc1Br. The van der Waals surface area contributed by atoms with Crippen LogP contribution in [0.4, 0.5) is 5.69 Å². The number of hydrogen-bond acceptors (Lipinski definition) is 5. The maximum Gasteiger partial charge on any atom is 0.256 e. The lowest BCUT2D eigenvalue weighted by Crippen LogP contribution is -2.54. The number of likely N-dealkylation sites (tertiary alicyclic amines) is 1. The number of hydrogen-bond donors (Lipinski definition) is 1. The predicted octanol–water partition coefficient (Wildman–Crippen LogP) is 2.98. The average molecular weight is 432 g/mol. The second-order valence-corrected chi connectivity index (χ2v) is 7.73. The molecule has 7 nitrogen and oxygen atoms in total. The summed E-state index contributed by atoms with van der Waals surface area (Å²) >= 11 is 3.45. The van der Waals surface area contributed by atoms with Gasteiger partial charge in [-0.1, -0.05) is 24.3 Å². The number of nitrogens with zero attached hydrogens (tertiary/aromatic N) is 2. The zero-order chi connectivity index (χ0) is 19.3. The van der Waals surface area contributed by atoms with Crippen LogP contribution in [0.3, 0.4) is 0 Å². The number of anilines is 1. The third kappa shape index (κ3) is 2.40. The number of rotatable bonds is 3. The van der Waals surface area contributed by atoms with Crippen molar-refractivity contribution >= 4 is 27.5 Å². The highest BCUT2D eigenvalue weighted by Gasteiger charge is 2.68. The summed E-state index contributed by atoms with van der Waals surface area (Å²) in [5.41, 5.74) is 0.772. The van der Waals surface area contributed by atoms with Gasteiger partial charge < -0.3 is 10.1 Å². The molecular formula is C19H18BrN3O4. The van der Waals surface area contributed by atoms with Gasteiger partial charge in [0.1, 0.15) is 5.75 Å². The Morgan fingerprint density at radius 1 is 1.33 bits per heavy atom. The first-order valence-electron chi connectivity index (χ1n) is 8.50. The second-order valence-electron chi connectivity index (χ2n) is 6.88. The number of benzene rings is 2. The molecule has 1 saturated heterocycles. The van der Waals surface area contributed by atoms with Crippen LogP contribution in [0.15, 0.2) is 46.9 Å². The van der Waals surface area contributed by atoms with Crippen LogP contribution < -0.4 is 10.1 Å². The first kappa shape index (κ1) is 17.9. The number of nitrogens with one attached hydrogen (secondary N) is 1. The normalized spacial score (nSPS) is 26.9. The summed E-state index contributed by atoms with van der Waals surface area (Å²) in [4.78, 5) is 26.8. The van der Waals surface area contributed by atoms with Gasteiger partial charge in [-0.25, -0.2) is 0 Å². The fourth-order valence-corrected chi connectivity index (χ4v) is 5.05. The van der Waals surface area contributed by atoms with Gasteiger partial charge in [0.05, 0.1) is 17.5 Å². The minimum absolute atomic E-state index is 0.312. The zero-order valence-electron chi connectivity index (χ0n) is 14.8. The summed E-state index contributed by atoms with van der Waals surface area (Å²) in [6.45, 7) is 0.395. The molecule has 2 aromatic rings. The summed E-state index contributed by atoms with van der Waals surface area (Å²) in [7, 11) is 3.34. The molecule has 1 spiro atoms. The summed E-state index contributed by atoms with van der Waals surface area (Å²) in [5, 5.41) is 15.1. The number of nitro groups is 1. The minimum atomic E-state index is -1.32. The Hall–Kier alpha value is -2.45. The van der Waals surface area contributed by atoms with E-state index in [4.69, 9.17) is 4.74 Å². The molecule has 0 bridgehead atoms. The van der Waals surface area contributed by atoms with Gasteiger partial charge in [0.25, 0.3) is 11.9 Å². The topological polar surface area (TPSA) is 84.7 Å². The number of fused-ring (bicyclic) bond motifs is 2. The standard InChI is InChI=1S/C19H18BrN3O4/c1-22-10-12(11-7-8-16(27-2)14(20)9-11)17(23(25)26)19(22)13-5-3-4-6-15(13)21-18(19)24/h3-9,12,17H,10H2,1-2H3,(H,21,24)/t12-,17-,19+/m0/s1. The van der Waals surface area contributed by atoms with Crippen molar-refractivity contribution in [2.24, 2.45) is 0 Å².